The minimum Gasteiger partial charge on any atom is -0.326 e. The highest BCUT2D eigenvalue weighted by atomic mass is 32.2. The number of hydrogen-bond acceptors (Lipinski definition) is 3. The van der Waals surface area contributed by atoms with Crippen molar-refractivity contribution in [1.82, 2.24) is 0 Å². The Kier molecular flexibility index (Phi) is 5.79. The molecule has 1 heterocycles. The monoisotopic (exact) mass is 400 g/mol. The van der Waals surface area contributed by atoms with Crippen LogP contribution in [0, 0.1) is 18.2 Å². The van der Waals surface area contributed by atoms with E-state index in [9.17, 15) is 14.0 Å². The molecule has 1 fully saturated rings. The highest BCUT2D eigenvalue weighted by Crippen LogP contribution is 2.43. The maximum absolute atomic E-state index is 14.4. The number of carbonyl (C=O) groups excluding carboxylic acids is 2. The summed E-state index contributed by atoms with van der Waals surface area (Å²) < 4.78 is 14.4. The molecule has 0 unspecified atom stereocenters. The second-order valence-corrected chi connectivity index (χ2v) is 9.36. The number of amides is 2. The second-order valence-electron chi connectivity index (χ2n) is 8.29. The van der Waals surface area contributed by atoms with Gasteiger partial charge in [-0.3, -0.25) is 14.5 Å². The van der Waals surface area contributed by atoms with Gasteiger partial charge in [-0.1, -0.05) is 39.0 Å². The first-order chi connectivity index (χ1) is 13.1. The molecule has 2 aromatic carbocycles. The van der Waals surface area contributed by atoms with Gasteiger partial charge in [0.15, 0.2) is 0 Å². The van der Waals surface area contributed by atoms with Crippen molar-refractivity contribution in [3.05, 3.63) is 59.4 Å². The highest BCUT2D eigenvalue weighted by Gasteiger charge is 2.35. The van der Waals surface area contributed by atoms with E-state index in [-0.39, 0.29) is 22.6 Å². The fourth-order valence-corrected chi connectivity index (χ4v) is 4.33. The van der Waals surface area contributed by atoms with E-state index < -0.39 is 5.82 Å². The van der Waals surface area contributed by atoms with Gasteiger partial charge in [0, 0.05) is 12.1 Å². The molecule has 1 atom stereocenters. The zero-order valence-corrected chi connectivity index (χ0v) is 17.4. The summed E-state index contributed by atoms with van der Waals surface area (Å²) in [6, 6.07) is 12.2. The number of anilines is 2. The van der Waals surface area contributed by atoms with E-state index in [2.05, 4.69) is 5.32 Å². The zero-order valence-electron chi connectivity index (χ0n) is 16.6. The van der Waals surface area contributed by atoms with Gasteiger partial charge in [-0.15, -0.1) is 11.8 Å². The smallest absolute Gasteiger partial charge is 0.238 e. The Balaban J connectivity index is 1.80. The molecule has 0 aliphatic carbocycles. The van der Waals surface area contributed by atoms with Crippen LogP contribution in [-0.2, 0) is 9.59 Å². The fourth-order valence-electron chi connectivity index (χ4n) is 3.16. The lowest BCUT2D eigenvalue weighted by Crippen LogP contribution is -2.28. The molecule has 0 aromatic heterocycles. The Morgan fingerprint density at radius 3 is 2.54 bits per heavy atom. The third kappa shape index (κ3) is 4.73. The van der Waals surface area contributed by atoms with Crippen LogP contribution in [0.2, 0.25) is 0 Å². The summed E-state index contributed by atoms with van der Waals surface area (Å²) in [6.45, 7) is 7.93. The third-order valence-corrected chi connectivity index (χ3v) is 5.61. The zero-order chi connectivity index (χ0) is 20.5. The van der Waals surface area contributed by atoms with Crippen LogP contribution in [0.1, 0.15) is 43.7 Å². The highest BCUT2D eigenvalue weighted by molar-refractivity contribution is 8.00. The predicted octanol–water partition coefficient (Wildman–Crippen LogP) is 5.29. The molecule has 3 rings (SSSR count). The van der Waals surface area contributed by atoms with Gasteiger partial charge in [-0.05, 0) is 47.7 Å². The Morgan fingerprint density at radius 1 is 1.21 bits per heavy atom. The lowest BCUT2D eigenvalue weighted by atomic mass is 9.92. The first-order valence-electron chi connectivity index (χ1n) is 9.24. The first kappa shape index (κ1) is 20.4. The van der Waals surface area contributed by atoms with Gasteiger partial charge >= 0.3 is 0 Å². The molecule has 2 amide bonds. The van der Waals surface area contributed by atoms with Crippen LogP contribution in [0.15, 0.2) is 42.5 Å². The second kappa shape index (κ2) is 7.95. The molecule has 0 radical (unpaired) electrons. The van der Waals surface area contributed by atoms with Crippen LogP contribution in [0.5, 0.6) is 0 Å². The van der Waals surface area contributed by atoms with Crippen molar-refractivity contribution in [1.29, 1.82) is 0 Å². The van der Waals surface area contributed by atoms with Crippen LogP contribution < -0.4 is 10.2 Å². The molecule has 0 spiro atoms. The van der Waals surface area contributed by atoms with Crippen molar-refractivity contribution >= 4 is 35.0 Å². The minimum atomic E-state index is -0.405. The Morgan fingerprint density at radius 2 is 1.89 bits per heavy atom. The average Bonchev–Trinajstić information content (AvgIpc) is 2.97. The quantitative estimate of drug-likeness (QED) is 0.759. The number of halogens is 1. The largest absolute Gasteiger partial charge is 0.326 e. The SMILES string of the molecule is Cc1ccc(F)c(N2C(=O)CS[C@H]2c2ccc(NC(=O)CC(C)(C)C)cc2)c1. The summed E-state index contributed by atoms with van der Waals surface area (Å²) in [7, 11) is 0. The molecule has 0 bridgehead atoms. The van der Waals surface area contributed by atoms with E-state index in [0.29, 0.717) is 23.5 Å². The van der Waals surface area contributed by atoms with Gasteiger partial charge in [0.05, 0.1) is 11.4 Å². The van der Waals surface area contributed by atoms with Crippen LogP contribution in [0.25, 0.3) is 0 Å². The van der Waals surface area contributed by atoms with Crippen LogP contribution in [-0.4, -0.2) is 17.6 Å². The molecule has 1 saturated heterocycles. The molecule has 0 saturated carbocycles. The predicted molar refractivity (Wildman–Crippen MR) is 113 cm³/mol. The molecule has 148 valence electrons. The van der Waals surface area contributed by atoms with Crippen molar-refractivity contribution < 1.29 is 14.0 Å². The van der Waals surface area contributed by atoms with Crippen LogP contribution in [0.4, 0.5) is 15.8 Å². The summed E-state index contributed by atoms with van der Waals surface area (Å²) in [4.78, 5) is 26.1. The van der Waals surface area contributed by atoms with Crippen molar-refractivity contribution in [3.8, 4) is 0 Å². The minimum absolute atomic E-state index is 0.0332. The van der Waals surface area contributed by atoms with Crippen LogP contribution >= 0.6 is 11.8 Å². The van der Waals surface area contributed by atoms with E-state index in [1.807, 2.05) is 52.0 Å². The standard InChI is InChI=1S/C22H25FN2O2S/c1-14-5-10-17(23)18(11-14)25-20(27)13-28-21(25)15-6-8-16(9-7-15)24-19(26)12-22(2,3)4/h5-11,21H,12-13H2,1-4H3,(H,24,26)/t21-/m0/s1. The van der Waals surface area contributed by atoms with Crippen molar-refractivity contribution in [2.75, 3.05) is 16.0 Å². The maximum atomic E-state index is 14.4. The lowest BCUT2D eigenvalue weighted by Gasteiger charge is -2.25. The van der Waals surface area contributed by atoms with Crippen LogP contribution in [0.3, 0.4) is 0 Å². The summed E-state index contributed by atoms with van der Waals surface area (Å²) >= 11 is 1.47. The third-order valence-electron chi connectivity index (χ3n) is 4.40. The number of nitrogens with one attached hydrogen (secondary N) is 1. The van der Waals surface area contributed by atoms with E-state index >= 15 is 0 Å². The molecule has 6 heteroatoms. The average molecular weight is 401 g/mol. The fraction of sp³-hybridized carbons (Fsp3) is 0.364. The van der Waals surface area contributed by atoms with Crippen molar-refractivity contribution in [2.24, 2.45) is 5.41 Å². The molecule has 2 aromatic rings. The van der Waals surface area contributed by atoms with Crippen molar-refractivity contribution in [3.63, 3.8) is 0 Å². The Bertz CT molecular complexity index is 890. The molecular formula is C22H25FN2O2S. The number of carbonyl (C=O) groups is 2. The van der Waals surface area contributed by atoms with Gasteiger partial charge in [0.2, 0.25) is 11.8 Å². The van der Waals surface area contributed by atoms with E-state index in [4.69, 9.17) is 0 Å². The molecule has 1 aliphatic rings. The number of benzene rings is 2. The summed E-state index contributed by atoms with van der Waals surface area (Å²) in [5, 5.41) is 2.61. The number of hydrogen-bond donors (Lipinski definition) is 1. The Labute approximate surface area is 169 Å². The van der Waals surface area contributed by atoms with Gasteiger partial charge in [0.25, 0.3) is 0 Å². The van der Waals surface area contributed by atoms with E-state index in [0.717, 1.165) is 11.1 Å². The molecular weight excluding hydrogens is 375 g/mol. The number of thioether (sulfide) groups is 1. The molecule has 28 heavy (non-hydrogen) atoms. The van der Waals surface area contributed by atoms with Gasteiger partial charge < -0.3 is 5.32 Å². The number of nitrogens with zero attached hydrogens (tertiary/aromatic N) is 1. The Hall–Kier alpha value is -2.34. The van der Waals surface area contributed by atoms with Crippen molar-refractivity contribution in [2.45, 2.75) is 39.5 Å². The summed E-state index contributed by atoms with van der Waals surface area (Å²) in [6.07, 6.45) is 0.433. The molecule has 4 nitrogen and oxygen atoms in total. The molecule has 1 N–H and O–H groups in total. The van der Waals surface area contributed by atoms with Gasteiger partial charge in [-0.25, -0.2) is 4.39 Å². The first-order valence-corrected chi connectivity index (χ1v) is 10.3. The van der Waals surface area contributed by atoms with E-state index in [1.165, 1.54) is 22.7 Å². The maximum Gasteiger partial charge on any atom is 0.238 e. The topological polar surface area (TPSA) is 49.4 Å². The van der Waals surface area contributed by atoms with Gasteiger partial charge in [-0.2, -0.15) is 0 Å². The normalized spacial score (nSPS) is 17.1. The molecule has 1 aliphatic heterocycles. The van der Waals surface area contributed by atoms with Gasteiger partial charge in [0.1, 0.15) is 11.2 Å². The summed E-state index contributed by atoms with van der Waals surface area (Å²) in [5.74, 6) is -0.240. The number of rotatable bonds is 4. The summed E-state index contributed by atoms with van der Waals surface area (Å²) in [5.41, 5.74) is 2.73. The number of aryl methyl sites for hydroxylation is 1. The van der Waals surface area contributed by atoms with E-state index in [1.54, 1.807) is 12.1 Å². The lowest BCUT2D eigenvalue weighted by molar-refractivity contribution is -0.118.